The number of benzene rings is 1. The molecule has 0 fully saturated rings. The molecule has 7 heteroatoms. The SMILES string of the molecule is COc1ccc([N+](=O)[O-])cc1CNCc1ccn(C)n1. The number of nitro benzene ring substituents is 1. The van der Waals surface area contributed by atoms with Gasteiger partial charge in [-0.1, -0.05) is 0 Å². The number of nitrogens with one attached hydrogen (secondary N) is 1. The summed E-state index contributed by atoms with van der Waals surface area (Å²) in [6, 6.07) is 6.47. The molecule has 2 rings (SSSR count). The van der Waals surface area contributed by atoms with E-state index < -0.39 is 4.92 Å². The van der Waals surface area contributed by atoms with Gasteiger partial charge in [0.05, 0.1) is 17.7 Å². The van der Waals surface area contributed by atoms with Crippen LogP contribution < -0.4 is 10.1 Å². The number of non-ortho nitro benzene ring substituents is 1. The number of rotatable bonds is 6. The maximum absolute atomic E-state index is 10.8. The molecule has 0 radical (unpaired) electrons. The largest absolute Gasteiger partial charge is 0.496 e. The fraction of sp³-hybridized carbons (Fsp3) is 0.308. The number of aryl methyl sites for hydroxylation is 1. The van der Waals surface area contributed by atoms with Gasteiger partial charge >= 0.3 is 0 Å². The first-order valence-electron chi connectivity index (χ1n) is 6.10. The van der Waals surface area contributed by atoms with Crippen LogP contribution in [0.2, 0.25) is 0 Å². The molecule has 0 spiro atoms. The lowest BCUT2D eigenvalue weighted by molar-refractivity contribution is -0.384. The van der Waals surface area contributed by atoms with Gasteiger partial charge in [-0.3, -0.25) is 14.8 Å². The van der Waals surface area contributed by atoms with Crippen LogP contribution in [0.25, 0.3) is 0 Å². The van der Waals surface area contributed by atoms with Crippen LogP contribution in [-0.4, -0.2) is 21.8 Å². The van der Waals surface area contributed by atoms with Gasteiger partial charge in [-0.2, -0.15) is 5.10 Å². The number of hydrogen-bond acceptors (Lipinski definition) is 5. The lowest BCUT2D eigenvalue weighted by atomic mass is 10.1. The first-order valence-corrected chi connectivity index (χ1v) is 6.10. The molecular weight excluding hydrogens is 260 g/mol. The Kier molecular flexibility index (Phi) is 4.31. The monoisotopic (exact) mass is 276 g/mol. The smallest absolute Gasteiger partial charge is 0.270 e. The molecule has 0 amide bonds. The molecule has 106 valence electrons. The summed E-state index contributed by atoms with van der Waals surface area (Å²) in [5, 5.41) is 18.2. The summed E-state index contributed by atoms with van der Waals surface area (Å²) < 4.78 is 6.93. The molecule has 0 bridgehead atoms. The van der Waals surface area contributed by atoms with E-state index in [0.29, 0.717) is 18.8 Å². The highest BCUT2D eigenvalue weighted by molar-refractivity contribution is 5.43. The van der Waals surface area contributed by atoms with Crippen molar-refractivity contribution >= 4 is 5.69 Å². The highest BCUT2D eigenvalue weighted by Gasteiger charge is 2.11. The quantitative estimate of drug-likeness (QED) is 0.640. The lowest BCUT2D eigenvalue weighted by Gasteiger charge is -2.08. The second kappa shape index (κ2) is 6.16. The third-order valence-electron chi connectivity index (χ3n) is 2.87. The number of nitro groups is 1. The van der Waals surface area contributed by atoms with Crippen molar-refractivity contribution in [2.75, 3.05) is 7.11 Å². The van der Waals surface area contributed by atoms with E-state index in [9.17, 15) is 10.1 Å². The Morgan fingerprint density at radius 2 is 2.20 bits per heavy atom. The average molecular weight is 276 g/mol. The number of nitrogens with zero attached hydrogens (tertiary/aromatic N) is 3. The van der Waals surface area contributed by atoms with Crippen molar-refractivity contribution in [1.82, 2.24) is 15.1 Å². The van der Waals surface area contributed by atoms with Gasteiger partial charge in [0.2, 0.25) is 0 Å². The van der Waals surface area contributed by atoms with Crippen LogP contribution in [0, 0.1) is 10.1 Å². The number of aromatic nitrogens is 2. The van der Waals surface area contributed by atoms with E-state index in [4.69, 9.17) is 4.74 Å². The normalized spacial score (nSPS) is 10.5. The molecule has 0 unspecified atom stereocenters. The fourth-order valence-electron chi connectivity index (χ4n) is 1.90. The van der Waals surface area contributed by atoms with Crippen LogP contribution in [0.3, 0.4) is 0 Å². The average Bonchev–Trinajstić information content (AvgIpc) is 2.84. The fourth-order valence-corrected chi connectivity index (χ4v) is 1.90. The minimum absolute atomic E-state index is 0.0560. The standard InChI is InChI=1S/C13H16N4O3/c1-16-6-5-11(15-16)9-14-8-10-7-12(17(18)19)3-4-13(10)20-2/h3-7,14H,8-9H2,1-2H3. The molecule has 0 aliphatic rings. The Morgan fingerprint density at radius 3 is 2.80 bits per heavy atom. The number of hydrogen-bond donors (Lipinski definition) is 1. The minimum atomic E-state index is -0.415. The van der Waals surface area contributed by atoms with E-state index >= 15 is 0 Å². The summed E-state index contributed by atoms with van der Waals surface area (Å²) in [7, 11) is 3.40. The molecule has 1 heterocycles. The maximum Gasteiger partial charge on any atom is 0.270 e. The zero-order valence-corrected chi connectivity index (χ0v) is 11.4. The zero-order valence-electron chi connectivity index (χ0n) is 11.4. The summed E-state index contributed by atoms with van der Waals surface area (Å²) >= 11 is 0. The predicted octanol–water partition coefficient (Wildman–Crippen LogP) is 1.63. The van der Waals surface area contributed by atoms with Gasteiger partial charge in [-0.15, -0.1) is 0 Å². The molecule has 1 aromatic heterocycles. The minimum Gasteiger partial charge on any atom is -0.496 e. The summed E-state index contributed by atoms with van der Waals surface area (Å²) in [6.45, 7) is 1.06. The molecule has 0 atom stereocenters. The predicted molar refractivity (Wildman–Crippen MR) is 73.4 cm³/mol. The van der Waals surface area contributed by atoms with Gasteiger partial charge in [0.25, 0.3) is 5.69 Å². The van der Waals surface area contributed by atoms with Gasteiger partial charge in [0.1, 0.15) is 5.75 Å². The van der Waals surface area contributed by atoms with Crippen molar-refractivity contribution in [1.29, 1.82) is 0 Å². The first kappa shape index (κ1) is 14.0. The van der Waals surface area contributed by atoms with Gasteiger partial charge < -0.3 is 10.1 Å². The maximum atomic E-state index is 10.8. The summed E-state index contributed by atoms with van der Waals surface area (Å²) in [4.78, 5) is 10.4. The van der Waals surface area contributed by atoms with Crippen LogP contribution in [0.1, 0.15) is 11.3 Å². The van der Waals surface area contributed by atoms with E-state index in [1.54, 1.807) is 17.9 Å². The molecule has 0 aliphatic carbocycles. The van der Waals surface area contributed by atoms with Gasteiger partial charge in [0.15, 0.2) is 0 Å². The molecule has 0 saturated carbocycles. The summed E-state index contributed by atoms with van der Waals surface area (Å²) in [5.74, 6) is 0.629. The van der Waals surface area contributed by atoms with Crippen molar-refractivity contribution in [2.24, 2.45) is 7.05 Å². The Morgan fingerprint density at radius 1 is 1.40 bits per heavy atom. The van der Waals surface area contributed by atoms with Crippen LogP contribution in [0.4, 0.5) is 5.69 Å². The van der Waals surface area contributed by atoms with Gasteiger partial charge in [-0.05, 0) is 12.1 Å². The van der Waals surface area contributed by atoms with Gasteiger partial charge in [-0.25, -0.2) is 0 Å². The topological polar surface area (TPSA) is 82.2 Å². The highest BCUT2D eigenvalue weighted by atomic mass is 16.6. The van der Waals surface area contributed by atoms with E-state index in [-0.39, 0.29) is 5.69 Å². The van der Waals surface area contributed by atoms with E-state index in [1.807, 2.05) is 19.3 Å². The van der Waals surface area contributed by atoms with Crippen molar-refractivity contribution in [3.05, 3.63) is 51.8 Å². The number of methoxy groups -OCH3 is 1. The first-order chi connectivity index (χ1) is 9.60. The molecule has 2 aromatic rings. The molecular formula is C13H16N4O3. The lowest BCUT2D eigenvalue weighted by Crippen LogP contribution is -2.14. The third-order valence-corrected chi connectivity index (χ3v) is 2.87. The Hall–Kier alpha value is -2.41. The molecule has 1 N–H and O–H groups in total. The van der Waals surface area contributed by atoms with E-state index in [1.165, 1.54) is 12.1 Å². The Balaban J connectivity index is 2.03. The van der Waals surface area contributed by atoms with Crippen LogP contribution in [0.15, 0.2) is 30.5 Å². The Labute approximate surface area is 116 Å². The van der Waals surface area contributed by atoms with Crippen molar-refractivity contribution in [2.45, 2.75) is 13.1 Å². The van der Waals surface area contributed by atoms with Crippen LogP contribution in [0.5, 0.6) is 5.75 Å². The molecule has 1 aromatic carbocycles. The van der Waals surface area contributed by atoms with E-state index in [2.05, 4.69) is 10.4 Å². The zero-order chi connectivity index (χ0) is 14.5. The number of ether oxygens (including phenoxy) is 1. The molecule has 20 heavy (non-hydrogen) atoms. The summed E-state index contributed by atoms with van der Waals surface area (Å²) in [6.07, 6.45) is 1.87. The van der Waals surface area contributed by atoms with E-state index in [0.717, 1.165) is 11.3 Å². The second-order valence-electron chi connectivity index (χ2n) is 4.34. The van der Waals surface area contributed by atoms with Crippen molar-refractivity contribution < 1.29 is 9.66 Å². The van der Waals surface area contributed by atoms with Crippen LogP contribution >= 0.6 is 0 Å². The second-order valence-corrected chi connectivity index (χ2v) is 4.34. The summed E-state index contributed by atoms with van der Waals surface area (Å²) in [5.41, 5.74) is 1.72. The Bertz CT molecular complexity index is 609. The molecule has 0 saturated heterocycles. The third kappa shape index (κ3) is 3.33. The highest BCUT2D eigenvalue weighted by Crippen LogP contribution is 2.23. The molecule has 0 aliphatic heterocycles. The van der Waals surface area contributed by atoms with Crippen LogP contribution in [-0.2, 0) is 20.1 Å². The van der Waals surface area contributed by atoms with Gasteiger partial charge in [0, 0.05) is 44.0 Å². The van der Waals surface area contributed by atoms with Crippen molar-refractivity contribution in [3.8, 4) is 5.75 Å². The van der Waals surface area contributed by atoms with Crippen molar-refractivity contribution in [3.63, 3.8) is 0 Å². The molecule has 7 nitrogen and oxygen atoms in total.